The van der Waals surface area contributed by atoms with Gasteiger partial charge in [0.1, 0.15) is 24.2 Å². The third-order valence-electron chi connectivity index (χ3n) is 5.42. The number of rotatable bonds is 6. The Balaban J connectivity index is 1.54. The highest BCUT2D eigenvalue weighted by molar-refractivity contribution is 6.05. The van der Waals surface area contributed by atoms with Crippen molar-refractivity contribution >= 4 is 17.7 Å². The van der Waals surface area contributed by atoms with Gasteiger partial charge in [0.25, 0.3) is 5.91 Å². The van der Waals surface area contributed by atoms with E-state index in [1.165, 1.54) is 0 Å². The third kappa shape index (κ3) is 5.44. The van der Waals surface area contributed by atoms with Crippen molar-refractivity contribution in [1.29, 1.82) is 0 Å². The second kappa shape index (κ2) is 9.78. The van der Waals surface area contributed by atoms with Gasteiger partial charge in [-0.3, -0.25) is 24.6 Å². The van der Waals surface area contributed by atoms with E-state index in [1.807, 2.05) is 0 Å². The second-order valence-electron chi connectivity index (χ2n) is 9.17. The largest absolute Gasteiger partial charge is 0.488 e. The van der Waals surface area contributed by atoms with Gasteiger partial charge in [0.05, 0.1) is 23.2 Å². The highest BCUT2D eigenvalue weighted by Gasteiger charge is 2.40. The minimum absolute atomic E-state index is 0.0169. The van der Waals surface area contributed by atoms with Gasteiger partial charge in [0, 0.05) is 60.4 Å². The normalized spacial score (nSPS) is 39.7. The van der Waals surface area contributed by atoms with Crippen LogP contribution >= 0.6 is 0 Å². The number of nitrogens with zero attached hydrogens (tertiary/aromatic N) is 2. The average Bonchev–Trinajstić information content (AvgIpc) is 3.19. The molecule has 0 saturated carbocycles. The first kappa shape index (κ1) is 12.7. The van der Waals surface area contributed by atoms with Crippen LogP contribution in [0.25, 0.3) is 0 Å². The van der Waals surface area contributed by atoms with Gasteiger partial charge in [-0.05, 0) is 57.8 Å². The molecule has 3 amide bonds. The minimum atomic E-state index is -3.48. The van der Waals surface area contributed by atoms with Crippen LogP contribution in [-0.2, 0) is 33.9 Å². The summed E-state index contributed by atoms with van der Waals surface area (Å²) in [5, 5.41) is 1.59. The molecule has 0 bridgehead atoms. The molecule has 2 aromatic carbocycles. The molecule has 3 aliphatic rings. The van der Waals surface area contributed by atoms with E-state index in [2.05, 4.69) is 0 Å². The molecule has 202 valence electrons. The van der Waals surface area contributed by atoms with Crippen LogP contribution < -0.4 is 10.1 Å². The lowest BCUT2D eigenvalue weighted by molar-refractivity contribution is -0.182. The van der Waals surface area contributed by atoms with E-state index in [-0.39, 0.29) is 9.80 Å². The van der Waals surface area contributed by atoms with E-state index in [0.29, 0.717) is 12.1 Å². The van der Waals surface area contributed by atoms with Crippen molar-refractivity contribution in [2.24, 2.45) is 0 Å². The number of halogens is 1. The first-order chi connectivity index (χ1) is 24.5. The predicted octanol–water partition coefficient (Wildman–Crippen LogP) is 3.56. The smallest absolute Gasteiger partial charge is 0.255 e. The summed E-state index contributed by atoms with van der Waals surface area (Å²) < 4.78 is 170. The molecule has 2 unspecified atom stereocenters. The lowest BCUT2D eigenvalue weighted by Gasteiger charge is -2.47. The highest BCUT2D eigenvalue weighted by Crippen LogP contribution is 2.34. The van der Waals surface area contributed by atoms with Crippen molar-refractivity contribution in [2.45, 2.75) is 77.2 Å². The number of amides is 3. The van der Waals surface area contributed by atoms with Crippen LogP contribution in [0, 0.1) is 5.82 Å². The highest BCUT2D eigenvalue weighted by atomic mass is 19.1. The maximum absolute atomic E-state index is 16.0. The first-order valence-electron chi connectivity index (χ1n) is 19.8. The fraction of sp³-hybridized carbons (Fsp3) is 0.483. The lowest BCUT2D eigenvalue weighted by Crippen LogP contribution is -2.56. The second-order valence-corrected chi connectivity index (χ2v) is 9.17. The minimum Gasteiger partial charge on any atom is -0.488 e. The van der Waals surface area contributed by atoms with Crippen molar-refractivity contribution in [2.75, 3.05) is 13.0 Å². The van der Waals surface area contributed by atoms with Gasteiger partial charge < -0.3 is 14.4 Å². The first-order valence-corrected chi connectivity index (χ1v) is 11.3. The lowest BCUT2D eigenvalue weighted by atomic mass is 9.98. The molecule has 2 saturated heterocycles. The zero-order valence-corrected chi connectivity index (χ0v) is 20.4. The number of benzene rings is 2. The van der Waals surface area contributed by atoms with Crippen molar-refractivity contribution in [1.82, 2.24) is 15.1 Å². The topological polar surface area (TPSA) is 88.2 Å². The Morgan fingerprint density at radius 2 is 2.00 bits per heavy atom. The molecule has 0 radical (unpaired) electrons. The number of fused-ring (bicyclic) bond motifs is 1. The zero-order chi connectivity index (χ0) is 42.3. The summed E-state index contributed by atoms with van der Waals surface area (Å²) in [7, 11) is 0. The number of piperidine rings is 1. The van der Waals surface area contributed by atoms with Gasteiger partial charge in [0.2, 0.25) is 11.8 Å². The Labute approximate surface area is 246 Å². The molecule has 2 aromatic rings. The monoisotopic (exact) mass is 540 g/mol. The molecule has 3 aliphatic heterocycles. The van der Waals surface area contributed by atoms with Crippen LogP contribution in [0.3, 0.4) is 0 Å². The Hall–Kier alpha value is -3.30. The van der Waals surface area contributed by atoms with Gasteiger partial charge in [-0.25, -0.2) is 4.39 Å². The number of morpholine rings is 1. The molecule has 38 heavy (non-hydrogen) atoms. The van der Waals surface area contributed by atoms with E-state index in [9.17, 15) is 14.4 Å². The molecular weight excluding hydrogens is 489 g/mol. The summed E-state index contributed by atoms with van der Waals surface area (Å²) in [4.78, 5) is 38.6. The van der Waals surface area contributed by atoms with Crippen molar-refractivity contribution < 1.29 is 51.6 Å². The summed E-state index contributed by atoms with van der Waals surface area (Å²) >= 11 is 0. The predicted molar refractivity (Wildman–Crippen MR) is 138 cm³/mol. The van der Waals surface area contributed by atoms with Crippen molar-refractivity contribution in [3.05, 3.63) is 64.5 Å². The third-order valence-corrected chi connectivity index (χ3v) is 5.42. The Morgan fingerprint density at radius 3 is 2.76 bits per heavy atom. The Kier molecular flexibility index (Phi) is 3.27. The number of hydrogen-bond acceptors (Lipinski definition) is 6. The summed E-state index contributed by atoms with van der Waals surface area (Å²) in [5.41, 5.74) is -8.12. The Morgan fingerprint density at radius 1 is 1.21 bits per heavy atom. The molecule has 0 spiro atoms. The average molecular weight is 541 g/mol. The number of imide groups is 1. The summed E-state index contributed by atoms with van der Waals surface area (Å²) in [6.45, 7) is -16.7. The number of ether oxygens (including phenoxy) is 2. The van der Waals surface area contributed by atoms with Gasteiger partial charge >= 0.3 is 0 Å². The molecule has 0 aliphatic carbocycles. The van der Waals surface area contributed by atoms with E-state index in [4.69, 9.17) is 32.8 Å². The summed E-state index contributed by atoms with van der Waals surface area (Å²) in [6.07, 6.45) is -6.91. The van der Waals surface area contributed by atoms with Crippen molar-refractivity contribution in [3.8, 4) is 5.75 Å². The molecule has 1 N–H and O–H groups in total. The van der Waals surface area contributed by atoms with Crippen LogP contribution in [-0.4, -0.2) is 57.8 Å². The van der Waals surface area contributed by atoms with Crippen LogP contribution in [0.1, 0.15) is 90.7 Å². The number of nitrogens with one attached hydrogen (secondary N) is 1. The zero-order valence-electron chi connectivity index (χ0n) is 37.4. The molecule has 9 heteroatoms. The van der Waals surface area contributed by atoms with E-state index in [1.54, 1.807) is 5.32 Å². The standard InChI is InChI=1S/C29H34FN3O5/c1-28(2)16-32(17-29(3,4)38-28)13-18-8-9-19(22(30)12-18)15-37-24-7-5-6-20-21(24)14-33(27(20)36)23-10-11-25(34)31-26(23)35/h5-9,12,23H,10-11,13-17H2,1-4H3,(H,31,34,35)/i1D3,10D2,11D2,13D2,14D2,15D2,16D2,17D2. The van der Waals surface area contributed by atoms with Gasteiger partial charge in [-0.15, -0.1) is 0 Å². The molecule has 2 fully saturated rings. The van der Waals surface area contributed by atoms with Crippen LogP contribution in [0.15, 0.2) is 36.4 Å². The molecule has 0 aromatic heterocycles. The maximum atomic E-state index is 16.0. The van der Waals surface area contributed by atoms with E-state index in [0.717, 1.165) is 45.0 Å². The van der Waals surface area contributed by atoms with Crippen LogP contribution in [0.4, 0.5) is 4.39 Å². The molecule has 2 atom stereocenters. The fourth-order valence-electron chi connectivity index (χ4n) is 4.01. The SMILES string of the molecule is [2H]C([2H])(Oc1cccc2c1C([2H])([2H])N(C1C(=O)NC(=O)C([2H])([2H])C1([2H])[2H])C2=O)c1ccc(C([2H])([2H])N2C([2H])([2H])C(C)(C)OC(C)(C([2H])([2H])[2H])C2([2H])[2H])cc1F. The van der Waals surface area contributed by atoms with E-state index < -0.39 is 121 Å². The van der Waals surface area contributed by atoms with Gasteiger partial charge in [-0.2, -0.15) is 0 Å². The molecular formula is C29H34FN3O5. The number of carbonyl (C=O) groups excluding carboxylic acids is 3. The number of carbonyl (C=O) groups is 3. The van der Waals surface area contributed by atoms with E-state index >= 15 is 4.39 Å². The maximum Gasteiger partial charge on any atom is 0.255 e. The molecule has 3 heterocycles. The van der Waals surface area contributed by atoms with Crippen LogP contribution in [0.5, 0.6) is 5.75 Å². The number of hydrogen-bond donors (Lipinski definition) is 1. The quantitative estimate of drug-likeness (QED) is 0.564. The molecule has 8 nitrogen and oxygen atoms in total. The summed E-state index contributed by atoms with van der Waals surface area (Å²) in [5.74, 6) is -6.88. The van der Waals surface area contributed by atoms with Gasteiger partial charge in [0.15, 0.2) is 0 Å². The Bertz CT molecular complexity index is 1990. The van der Waals surface area contributed by atoms with Gasteiger partial charge in [-0.1, -0.05) is 18.2 Å². The molecule has 5 rings (SSSR count). The van der Waals surface area contributed by atoms with Crippen LogP contribution in [0.2, 0.25) is 0 Å². The van der Waals surface area contributed by atoms with Crippen molar-refractivity contribution in [3.63, 3.8) is 0 Å². The fourth-order valence-corrected chi connectivity index (χ4v) is 4.01. The summed E-state index contributed by atoms with van der Waals surface area (Å²) in [6, 6.07) is 2.33.